The number of aliphatic hydroxyl groups is 1. The van der Waals surface area contributed by atoms with Gasteiger partial charge in [-0.25, -0.2) is 8.78 Å². The molecule has 0 amide bonds. The number of anilines is 1. The maximum absolute atomic E-state index is 14.1. The quantitative estimate of drug-likeness (QED) is 0.854. The van der Waals surface area contributed by atoms with E-state index in [2.05, 4.69) is 21.2 Å². The summed E-state index contributed by atoms with van der Waals surface area (Å²) in [5.74, 6) is -0.817. The number of rotatable bonds is 4. The zero-order valence-corrected chi connectivity index (χ0v) is 13.3. The molecule has 2 aromatic rings. The van der Waals surface area contributed by atoms with Crippen LogP contribution in [0.15, 0.2) is 40.9 Å². The Kier molecular flexibility index (Phi) is 4.64. The van der Waals surface area contributed by atoms with Crippen molar-refractivity contribution in [2.45, 2.75) is 19.4 Å². The highest BCUT2D eigenvalue weighted by Crippen LogP contribution is 2.30. The molecule has 2 aromatic carbocycles. The predicted molar refractivity (Wildman–Crippen MR) is 83.3 cm³/mol. The zero-order valence-electron chi connectivity index (χ0n) is 11.8. The van der Waals surface area contributed by atoms with Gasteiger partial charge >= 0.3 is 0 Å². The molecular formula is C16H16BrF2NO. The van der Waals surface area contributed by atoms with Gasteiger partial charge in [-0.15, -0.1) is 0 Å². The molecule has 21 heavy (non-hydrogen) atoms. The van der Waals surface area contributed by atoms with Gasteiger partial charge in [0.15, 0.2) is 0 Å². The molecule has 0 spiro atoms. The van der Waals surface area contributed by atoms with Crippen molar-refractivity contribution < 1.29 is 13.9 Å². The van der Waals surface area contributed by atoms with E-state index < -0.39 is 11.4 Å². The van der Waals surface area contributed by atoms with Crippen LogP contribution in [0.4, 0.5) is 14.5 Å². The Morgan fingerprint density at radius 3 is 2.52 bits per heavy atom. The predicted octanol–water partition coefficient (Wildman–Crippen LogP) is 4.36. The average Bonchev–Trinajstić information content (AvgIpc) is 2.40. The number of hydrogen-bond donors (Lipinski definition) is 2. The molecule has 0 saturated carbocycles. The van der Waals surface area contributed by atoms with Crippen LogP contribution in [0.2, 0.25) is 0 Å². The summed E-state index contributed by atoms with van der Waals surface area (Å²) in [6.45, 7) is 3.10. The fourth-order valence-electron chi connectivity index (χ4n) is 2.24. The lowest BCUT2D eigenvalue weighted by Crippen LogP contribution is -2.37. The van der Waals surface area contributed by atoms with E-state index in [-0.39, 0.29) is 12.4 Å². The first-order valence-corrected chi connectivity index (χ1v) is 7.25. The van der Waals surface area contributed by atoms with Crippen molar-refractivity contribution in [3.63, 3.8) is 0 Å². The minimum atomic E-state index is -1.06. The second kappa shape index (κ2) is 6.12. The highest BCUT2D eigenvalue weighted by atomic mass is 79.9. The molecule has 112 valence electrons. The fraction of sp³-hybridized carbons (Fsp3) is 0.250. The van der Waals surface area contributed by atoms with Crippen molar-refractivity contribution in [1.29, 1.82) is 0 Å². The second-order valence-corrected chi connectivity index (χ2v) is 6.17. The largest absolute Gasteiger partial charge is 0.394 e. The van der Waals surface area contributed by atoms with Crippen LogP contribution in [0, 0.1) is 18.6 Å². The van der Waals surface area contributed by atoms with Gasteiger partial charge in [0.1, 0.15) is 11.6 Å². The molecule has 0 fully saturated rings. The first-order chi connectivity index (χ1) is 9.84. The Balaban J connectivity index is 2.43. The summed E-state index contributed by atoms with van der Waals surface area (Å²) < 4.78 is 28.2. The van der Waals surface area contributed by atoms with Crippen LogP contribution >= 0.6 is 15.9 Å². The third-order valence-corrected chi connectivity index (χ3v) is 3.79. The van der Waals surface area contributed by atoms with Gasteiger partial charge in [-0.2, -0.15) is 0 Å². The van der Waals surface area contributed by atoms with Crippen LogP contribution in [-0.4, -0.2) is 11.7 Å². The Bertz CT molecular complexity index is 642. The molecule has 0 bridgehead atoms. The van der Waals surface area contributed by atoms with Crippen molar-refractivity contribution in [3.8, 4) is 0 Å². The van der Waals surface area contributed by atoms with E-state index in [0.717, 1.165) is 5.56 Å². The Morgan fingerprint density at radius 2 is 1.90 bits per heavy atom. The molecule has 1 unspecified atom stereocenters. The standard InChI is InChI=1S/C16H16BrF2NO/c1-10-5-12(18)8-13(6-10)20-16(2,9-21)14-7-11(17)3-4-15(14)19/h3-8,20-21H,9H2,1-2H3. The summed E-state index contributed by atoms with van der Waals surface area (Å²) >= 11 is 3.29. The summed E-state index contributed by atoms with van der Waals surface area (Å²) in [4.78, 5) is 0. The molecule has 2 nitrogen and oxygen atoms in total. The lowest BCUT2D eigenvalue weighted by Gasteiger charge is -2.31. The van der Waals surface area contributed by atoms with E-state index in [1.54, 1.807) is 32.0 Å². The monoisotopic (exact) mass is 355 g/mol. The fourth-order valence-corrected chi connectivity index (χ4v) is 2.60. The summed E-state index contributed by atoms with van der Waals surface area (Å²) in [7, 11) is 0. The Labute approximate surface area is 130 Å². The second-order valence-electron chi connectivity index (χ2n) is 5.26. The summed E-state index contributed by atoms with van der Waals surface area (Å²) in [5, 5.41) is 12.7. The highest BCUT2D eigenvalue weighted by Gasteiger charge is 2.29. The van der Waals surface area contributed by atoms with Crippen LogP contribution in [0.3, 0.4) is 0 Å². The number of aryl methyl sites for hydroxylation is 1. The summed E-state index contributed by atoms with van der Waals surface area (Å²) in [6, 6.07) is 8.98. The zero-order chi connectivity index (χ0) is 15.6. The molecule has 0 radical (unpaired) electrons. The van der Waals surface area contributed by atoms with E-state index in [9.17, 15) is 13.9 Å². The SMILES string of the molecule is Cc1cc(F)cc(NC(C)(CO)c2cc(Br)ccc2F)c1. The molecule has 5 heteroatoms. The number of nitrogens with one attached hydrogen (secondary N) is 1. The first-order valence-electron chi connectivity index (χ1n) is 6.46. The van der Waals surface area contributed by atoms with Gasteiger partial charge in [0, 0.05) is 15.7 Å². The van der Waals surface area contributed by atoms with E-state index in [4.69, 9.17) is 0 Å². The smallest absolute Gasteiger partial charge is 0.128 e. The molecular weight excluding hydrogens is 340 g/mol. The highest BCUT2D eigenvalue weighted by molar-refractivity contribution is 9.10. The molecule has 0 aliphatic carbocycles. The number of hydrogen-bond acceptors (Lipinski definition) is 2. The van der Waals surface area contributed by atoms with Gasteiger partial charge in [-0.3, -0.25) is 0 Å². The maximum atomic E-state index is 14.1. The topological polar surface area (TPSA) is 32.3 Å². The van der Waals surface area contributed by atoms with Crippen molar-refractivity contribution in [2.24, 2.45) is 0 Å². The van der Waals surface area contributed by atoms with Crippen molar-refractivity contribution >= 4 is 21.6 Å². The lowest BCUT2D eigenvalue weighted by molar-refractivity contribution is 0.220. The molecule has 2 N–H and O–H groups in total. The van der Waals surface area contributed by atoms with Gasteiger partial charge in [0.2, 0.25) is 0 Å². The molecule has 0 saturated heterocycles. The van der Waals surface area contributed by atoms with Gasteiger partial charge in [0.05, 0.1) is 12.1 Å². The molecule has 1 atom stereocenters. The van der Waals surface area contributed by atoms with Gasteiger partial charge in [-0.05, 0) is 55.8 Å². The van der Waals surface area contributed by atoms with E-state index in [1.165, 1.54) is 18.2 Å². The summed E-state index contributed by atoms with van der Waals surface area (Å²) in [6.07, 6.45) is 0. The van der Waals surface area contributed by atoms with Crippen LogP contribution in [-0.2, 0) is 5.54 Å². The van der Waals surface area contributed by atoms with Crippen LogP contribution in [0.5, 0.6) is 0 Å². The minimum Gasteiger partial charge on any atom is -0.394 e. The third kappa shape index (κ3) is 3.60. The van der Waals surface area contributed by atoms with Crippen molar-refractivity contribution in [3.05, 3.63) is 63.6 Å². The van der Waals surface area contributed by atoms with Crippen LogP contribution in [0.25, 0.3) is 0 Å². The van der Waals surface area contributed by atoms with Gasteiger partial charge < -0.3 is 10.4 Å². The maximum Gasteiger partial charge on any atom is 0.128 e. The average molecular weight is 356 g/mol. The van der Waals surface area contributed by atoms with Gasteiger partial charge in [-0.1, -0.05) is 15.9 Å². The minimum absolute atomic E-state index is 0.307. The van der Waals surface area contributed by atoms with Gasteiger partial charge in [0.25, 0.3) is 0 Å². The molecule has 0 aliphatic rings. The van der Waals surface area contributed by atoms with Crippen LogP contribution < -0.4 is 5.32 Å². The Hall–Kier alpha value is -1.46. The summed E-state index contributed by atoms with van der Waals surface area (Å²) in [5.41, 5.74) is 0.478. The number of aliphatic hydroxyl groups excluding tert-OH is 1. The normalized spacial score (nSPS) is 13.8. The van der Waals surface area contributed by atoms with E-state index >= 15 is 0 Å². The number of halogens is 3. The third-order valence-electron chi connectivity index (χ3n) is 3.30. The van der Waals surface area contributed by atoms with E-state index in [1.807, 2.05) is 0 Å². The van der Waals surface area contributed by atoms with Crippen molar-refractivity contribution in [2.75, 3.05) is 11.9 Å². The van der Waals surface area contributed by atoms with Crippen molar-refractivity contribution in [1.82, 2.24) is 0 Å². The van der Waals surface area contributed by atoms with E-state index in [0.29, 0.717) is 15.7 Å². The molecule has 0 heterocycles. The molecule has 0 aromatic heterocycles. The van der Waals surface area contributed by atoms with Crippen LogP contribution in [0.1, 0.15) is 18.1 Å². The lowest BCUT2D eigenvalue weighted by atomic mass is 9.92. The molecule has 2 rings (SSSR count). The Morgan fingerprint density at radius 1 is 1.19 bits per heavy atom. The number of benzene rings is 2. The first kappa shape index (κ1) is 15.9. The molecule has 0 aliphatic heterocycles.